The van der Waals surface area contributed by atoms with Crippen molar-refractivity contribution >= 4 is 45.1 Å². The zero-order chi connectivity index (χ0) is 10.1. The Bertz CT molecular complexity index is 487. The van der Waals surface area contributed by atoms with Crippen LogP contribution >= 0.6 is 34.2 Å². The fourth-order valence-corrected chi connectivity index (χ4v) is 1.93. The maximum Gasteiger partial charge on any atom is 0.145 e. The zero-order valence-corrected chi connectivity index (χ0v) is 10.3. The van der Waals surface area contributed by atoms with Crippen LogP contribution in [-0.2, 0) is 0 Å². The fraction of sp³-hybridized carbons (Fsp3) is 0.100. The van der Waals surface area contributed by atoms with Gasteiger partial charge in [0.25, 0.3) is 0 Å². The summed E-state index contributed by atoms with van der Waals surface area (Å²) in [6.07, 6.45) is 1.74. The molecule has 4 heteroatoms. The Balaban J connectivity index is 2.86. The van der Waals surface area contributed by atoms with E-state index < -0.39 is 0 Å². The summed E-state index contributed by atoms with van der Waals surface area (Å²) in [7, 11) is 1.63. The molecule has 1 heterocycles. The molecule has 14 heavy (non-hydrogen) atoms. The number of hydrogen-bond acceptors (Lipinski definition) is 2. The summed E-state index contributed by atoms with van der Waals surface area (Å²) in [5.74, 6) is 0.751. The summed E-state index contributed by atoms with van der Waals surface area (Å²) in [6, 6.07) is 5.72. The largest absolute Gasteiger partial charge is 0.494 e. The van der Waals surface area contributed by atoms with Crippen molar-refractivity contribution in [1.82, 2.24) is 4.98 Å². The van der Waals surface area contributed by atoms with Crippen LogP contribution < -0.4 is 4.74 Å². The molecule has 0 spiro atoms. The van der Waals surface area contributed by atoms with E-state index in [1.165, 1.54) is 0 Å². The van der Waals surface area contributed by atoms with E-state index in [2.05, 4.69) is 27.6 Å². The van der Waals surface area contributed by atoms with Crippen LogP contribution in [0.15, 0.2) is 24.4 Å². The van der Waals surface area contributed by atoms with Crippen molar-refractivity contribution in [3.63, 3.8) is 0 Å². The SMILES string of the molecule is COc1cccc2c(Cl)c(I)cnc12. The molecule has 0 saturated carbocycles. The Labute approximate surface area is 100 Å². The lowest BCUT2D eigenvalue weighted by atomic mass is 10.2. The number of aromatic nitrogens is 1. The van der Waals surface area contributed by atoms with Gasteiger partial charge in [-0.3, -0.25) is 4.98 Å². The number of rotatable bonds is 1. The molecule has 2 nitrogen and oxygen atoms in total. The normalized spacial score (nSPS) is 10.5. The minimum Gasteiger partial charge on any atom is -0.494 e. The number of methoxy groups -OCH3 is 1. The van der Waals surface area contributed by atoms with Gasteiger partial charge in [-0.2, -0.15) is 0 Å². The highest BCUT2D eigenvalue weighted by atomic mass is 127. The van der Waals surface area contributed by atoms with Crippen LogP contribution in [0, 0.1) is 3.57 Å². The molecule has 0 bridgehead atoms. The monoisotopic (exact) mass is 319 g/mol. The quantitative estimate of drug-likeness (QED) is 0.751. The maximum atomic E-state index is 6.15. The van der Waals surface area contributed by atoms with Crippen molar-refractivity contribution < 1.29 is 4.74 Å². The van der Waals surface area contributed by atoms with Crippen molar-refractivity contribution in [3.05, 3.63) is 33.0 Å². The third-order valence-electron chi connectivity index (χ3n) is 1.97. The Hall–Kier alpha value is -0.550. The van der Waals surface area contributed by atoms with Gasteiger partial charge in [0, 0.05) is 11.6 Å². The molecule has 0 aliphatic heterocycles. The van der Waals surface area contributed by atoms with Crippen LogP contribution in [0.1, 0.15) is 0 Å². The van der Waals surface area contributed by atoms with Crippen molar-refractivity contribution in [2.75, 3.05) is 7.11 Å². The highest BCUT2D eigenvalue weighted by molar-refractivity contribution is 14.1. The summed E-state index contributed by atoms with van der Waals surface area (Å²) in [4.78, 5) is 4.30. The van der Waals surface area contributed by atoms with Crippen molar-refractivity contribution in [3.8, 4) is 5.75 Å². The number of para-hydroxylation sites is 1. The van der Waals surface area contributed by atoms with Gasteiger partial charge in [0.05, 0.1) is 15.7 Å². The first kappa shape index (κ1) is 9.98. The highest BCUT2D eigenvalue weighted by Crippen LogP contribution is 2.31. The number of hydrogen-bond donors (Lipinski definition) is 0. The van der Waals surface area contributed by atoms with Gasteiger partial charge in [0.2, 0.25) is 0 Å². The molecule has 0 fully saturated rings. The Morgan fingerprint density at radius 3 is 2.93 bits per heavy atom. The van der Waals surface area contributed by atoms with Gasteiger partial charge in [-0.25, -0.2) is 0 Å². The van der Waals surface area contributed by atoms with Crippen molar-refractivity contribution in [2.45, 2.75) is 0 Å². The first-order chi connectivity index (χ1) is 6.74. The van der Waals surface area contributed by atoms with E-state index in [0.717, 1.165) is 25.2 Å². The molecule has 0 unspecified atom stereocenters. The van der Waals surface area contributed by atoms with Gasteiger partial charge in [0.1, 0.15) is 11.3 Å². The van der Waals surface area contributed by atoms with E-state index in [1.54, 1.807) is 13.3 Å². The van der Waals surface area contributed by atoms with Gasteiger partial charge in [-0.05, 0) is 28.7 Å². The van der Waals surface area contributed by atoms with Gasteiger partial charge >= 0.3 is 0 Å². The zero-order valence-electron chi connectivity index (χ0n) is 7.42. The topological polar surface area (TPSA) is 22.1 Å². The maximum absolute atomic E-state index is 6.15. The summed E-state index contributed by atoms with van der Waals surface area (Å²) in [5.41, 5.74) is 0.806. The molecule has 0 radical (unpaired) electrons. The Morgan fingerprint density at radius 2 is 2.21 bits per heavy atom. The van der Waals surface area contributed by atoms with Crippen LogP contribution in [0.25, 0.3) is 10.9 Å². The molecule has 72 valence electrons. The third-order valence-corrected chi connectivity index (χ3v) is 3.52. The summed E-state index contributed by atoms with van der Waals surface area (Å²) in [5, 5.41) is 1.66. The average Bonchev–Trinajstić information content (AvgIpc) is 2.23. The highest BCUT2D eigenvalue weighted by Gasteiger charge is 2.07. The van der Waals surface area contributed by atoms with Crippen LogP contribution in [0.2, 0.25) is 5.02 Å². The summed E-state index contributed by atoms with van der Waals surface area (Å²) < 4.78 is 6.15. The number of halogens is 2. The van der Waals surface area contributed by atoms with E-state index >= 15 is 0 Å². The molecule has 0 N–H and O–H groups in total. The molecule has 1 aromatic heterocycles. The molecule has 0 atom stereocenters. The van der Waals surface area contributed by atoms with Gasteiger partial charge < -0.3 is 4.74 Å². The van der Waals surface area contributed by atoms with Gasteiger partial charge in [0.15, 0.2) is 0 Å². The van der Waals surface area contributed by atoms with Crippen molar-refractivity contribution in [2.24, 2.45) is 0 Å². The first-order valence-electron chi connectivity index (χ1n) is 4.00. The molecule has 0 aliphatic carbocycles. The minimum absolute atomic E-state index is 0.731. The second-order valence-electron chi connectivity index (χ2n) is 2.78. The van der Waals surface area contributed by atoms with Crippen LogP contribution in [0.3, 0.4) is 0 Å². The second-order valence-corrected chi connectivity index (χ2v) is 4.32. The number of benzene rings is 1. The molecule has 0 aliphatic rings. The number of fused-ring (bicyclic) bond motifs is 1. The molecule has 0 amide bonds. The average molecular weight is 320 g/mol. The molecule has 0 saturated heterocycles. The number of nitrogens with zero attached hydrogens (tertiary/aromatic N) is 1. The number of pyridine rings is 1. The van der Waals surface area contributed by atoms with E-state index in [1.807, 2.05) is 18.2 Å². The van der Waals surface area contributed by atoms with Crippen molar-refractivity contribution in [1.29, 1.82) is 0 Å². The smallest absolute Gasteiger partial charge is 0.145 e. The van der Waals surface area contributed by atoms with Gasteiger partial charge in [-0.15, -0.1) is 0 Å². The Morgan fingerprint density at radius 1 is 1.43 bits per heavy atom. The standard InChI is InChI=1S/C10H7ClINO/c1-14-8-4-2-3-6-9(11)7(12)5-13-10(6)8/h2-5H,1H3. The predicted molar refractivity (Wildman–Crippen MR) is 66.0 cm³/mol. The number of ether oxygens (including phenoxy) is 1. The molecule has 2 aromatic rings. The predicted octanol–water partition coefficient (Wildman–Crippen LogP) is 3.50. The second kappa shape index (κ2) is 3.90. The lowest BCUT2D eigenvalue weighted by Crippen LogP contribution is -1.89. The first-order valence-corrected chi connectivity index (χ1v) is 5.46. The summed E-state index contributed by atoms with van der Waals surface area (Å²) in [6.45, 7) is 0. The summed E-state index contributed by atoms with van der Waals surface area (Å²) >= 11 is 8.31. The molecule has 1 aromatic carbocycles. The molecule has 2 rings (SSSR count). The van der Waals surface area contributed by atoms with Crippen LogP contribution in [-0.4, -0.2) is 12.1 Å². The minimum atomic E-state index is 0.731. The molecular weight excluding hydrogens is 312 g/mol. The lowest BCUT2D eigenvalue weighted by molar-refractivity contribution is 0.419. The Kier molecular flexibility index (Phi) is 2.78. The third kappa shape index (κ3) is 1.54. The van der Waals surface area contributed by atoms with Crippen LogP contribution in [0.4, 0.5) is 0 Å². The fourth-order valence-electron chi connectivity index (χ4n) is 1.30. The van der Waals surface area contributed by atoms with E-state index in [9.17, 15) is 0 Å². The van der Waals surface area contributed by atoms with E-state index in [0.29, 0.717) is 0 Å². The molecular formula is C10H7ClINO. The van der Waals surface area contributed by atoms with E-state index in [4.69, 9.17) is 16.3 Å². The van der Waals surface area contributed by atoms with Crippen LogP contribution in [0.5, 0.6) is 5.75 Å². The van der Waals surface area contributed by atoms with Gasteiger partial charge in [-0.1, -0.05) is 23.7 Å². The van der Waals surface area contributed by atoms with E-state index in [-0.39, 0.29) is 0 Å². The lowest BCUT2D eigenvalue weighted by Gasteiger charge is -2.06.